The van der Waals surface area contributed by atoms with Crippen LogP contribution in [-0.2, 0) is 4.79 Å². The summed E-state index contributed by atoms with van der Waals surface area (Å²) in [6, 6.07) is 0.680. The van der Waals surface area contributed by atoms with Crippen LogP contribution in [0, 0.1) is 5.92 Å². The fourth-order valence-electron chi connectivity index (χ4n) is 2.49. The Morgan fingerprint density at radius 2 is 1.83 bits per heavy atom. The van der Waals surface area contributed by atoms with Crippen LogP contribution in [0.25, 0.3) is 0 Å². The van der Waals surface area contributed by atoms with Gasteiger partial charge in [0.25, 0.3) is 0 Å². The van der Waals surface area contributed by atoms with Gasteiger partial charge in [0.15, 0.2) is 0 Å². The van der Waals surface area contributed by atoms with Gasteiger partial charge in [-0.15, -0.1) is 0 Å². The first-order valence-electron chi connectivity index (χ1n) is 7.72. The van der Waals surface area contributed by atoms with Crippen molar-refractivity contribution in [3.8, 4) is 0 Å². The van der Waals surface area contributed by atoms with Crippen LogP contribution in [0.2, 0.25) is 0 Å². The quantitative estimate of drug-likeness (QED) is 0.542. The molecule has 0 heterocycles. The first-order valence-corrected chi connectivity index (χ1v) is 7.72. The number of carbonyl (C=O) groups is 1. The largest absolute Gasteiger partial charge is 0.355 e. The van der Waals surface area contributed by atoms with E-state index in [1.54, 1.807) is 0 Å². The fraction of sp³-hybridized carbons (Fsp3) is 0.933. The zero-order chi connectivity index (χ0) is 13.2. The Hall–Kier alpha value is -0.570. The molecule has 2 N–H and O–H groups in total. The number of nitrogens with one attached hydrogen (secondary N) is 2. The summed E-state index contributed by atoms with van der Waals surface area (Å²) < 4.78 is 0. The molecule has 0 aliphatic heterocycles. The second kappa shape index (κ2) is 9.37. The van der Waals surface area contributed by atoms with Gasteiger partial charge >= 0.3 is 0 Å². The summed E-state index contributed by atoms with van der Waals surface area (Å²) in [5, 5.41) is 6.57. The van der Waals surface area contributed by atoms with Gasteiger partial charge in [-0.1, -0.05) is 46.0 Å². The number of hydrogen-bond donors (Lipinski definition) is 2. The summed E-state index contributed by atoms with van der Waals surface area (Å²) in [4.78, 5) is 11.6. The van der Waals surface area contributed by atoms with Crippen LogP contribution in [0.5, 0.6) is 0 Å². The molecule has 0 radical (unpaired) electrons. The van der Waals surface area contributed by atoms with E-state index in [1.165, 1.54) is 38.5 Å². The minimum atomic E-state index is 0.201. The number of rotatable bonds is 7. The third-order valence-corrected chi connectivity index (χ3v) is 3.97. The van der Waals surface area contributed by atoms with Gasteiger partial charge in [0.1, 0.15) is 0 Å². The number of hydrogen-bond acceptors (Lipinski definition) is 2. The highest BCUT2D eigenvalue weighted by molar-refractivity contribution is 5.76. The van der Waals surface area contributed by atoms with Crippen LogP contribution < -0.4 is 10.6 Å². The molecule has 1 rings (SSSR count). The van der Waals surface area contributed by atoms with E-state index in [0.29, 0.717) is 18.4 Å². The lowest BCUT2D eigenvalue weighted by atomic mass is 10.1. The van der Waals surface area contributed by atoms with Crippen LogP contribution >= 0.6 is 0 Å². The van der Waals surface area contributed by atoms with Gasteiger partial charge in [-0.3, -0.25) is 4.79 Å². The zero-order valence-electron chi connectivity index (χ0n) is 12.1. The van der Waals surface area contributed by atoms with Gasteiger partial charge in [-0.2, -0.15) is 0 Å². The summed E-state index contributed by atoms with van der Waals surface area (Å²) in [6.45, 7) is 5.94. The van der Waals surface area contributed by atoms with Crippen molar-refractivity contribution in [2.45, 2.75) is 71.3 Å². The van der Waals surface area contributed by atoms with Crippen LogP contribution in [-0.4, -0.2) is 25.0 Å². The molecule has 0 saturated heterocycles. The van der Waals surface area contributed by atoms with Crippen molar-refractivity contribution in [3.63, 3.8) is 0 Å². The average molecular weight is 254 g/mol. The van der Waals surface area contributed by atoms with E-state index in [2.05, 4.69) is 24.5 Å². The molecule has 0 aromatic carbocycles. The molecule has 3 heteroatoms. The minimum Gasteiger partial charge on any atom is -0.355 e. The Morgan fingerprint density at radius 1 is 1.17 bits per heavy atom. The van der Waals surface area contributed by atoms with E-state index in [9.17, 15) is 4.79 Å². The lowest BCUT2D eigenvalue weighted by molar-refractivity contribution is -0.121. The van der Waals surface area contributed by atoms with Gasteiger partial charge in [0, 0.05) is 25.6 Å². The topological polar surface area (TPSA) is 41.1 Å². The van der Waals surface area contributed by atoms with E-state index in [1.807, 2.05) is 0 Å². The summed E-state index contributed by atoms with van der Waals surface area (Å²) in [5.41, 5.74) is 0. The predicted molar refractivity (Wildman–Crippen MR) is 76.6 cm³/mol. The minimum absolute atomic E-state index is 0.201. The second-order valence-electron chi connectivity index (χ2n) is 5.71. The molecule has 0 aromatic rings. The van der Waals surface area contributed by atoms with Crippen LogP contribution in [0.4, 0.5) is 0 Å². The third kappa shape index (κ3) is 7.00. The third-order valence-electron chi connectivity index (χ3n) is 3.97. The maximum absolute atomic E-state index is 11.6. The lowest BCUT2D eigenvalue weighted by Crippen LogP contribution is -2.37. The van der Waals surface area contributed by atoms with Gasteiger partial charge < -0.3 is 10.6 Å². The van der Waals surface area contributed by atoms with Crippen LogP contribution in [0.3, 0.4) is 0 Å². The van der Waals surface area contributed by atoms with E-state index < -0.39 is 0 Å². The SMILES string of the molecule is CCC(C)CC(=O)NCCNC1CCCCCC1. The van der Waals surface area contributed by atoms with Gasteiger partial charge in [-0.05, 0) is 18.8 Å². The van der Waals surface area contributed by atoms with Gasteiger partial charge in [-0.25, -0.2) is 0 Å². The average Bonchev–Trinajstić information content (AvgIpc) is 2.63. The van der Waals surface area contributed by atoms with Crippen molar-refractivity contribution < 1.29 is 4.79 Å². The monoisotopic (exact) mass is 254 g/mol. The molecule has 0 spiro atoms. The number of amides is 1. The summed E-state index contributed by atoms with van der Waals surface area (Å²) in [5.74, 6) is 0.701. The summed E-state index contributed by atoms with van der Waals surface area (Å²) in [7, 11) is 0. The maximum atomic E-state index is 11.6. The van der Waals surface area contributed by atoms with Gasteiger partial charge in [0.2, 0.25) is 5.91 Å². The summed E-state index contributed by atoms with van der Waals surface area (Å²) >= 11 is 0. The zero-order valence-corrected chi connectivity index (χ0v) is 12.1. The highest BCUT2D eigenvalue weighted by atomic mass is 16.1. The van der Waals surface area contributed by atoms with Crippen molar-refractivity contribution in [1.29, 1.82) is 0 Å². The molecular weight excluding hydrogens is 224 g/mol. The van der Waals surface area contributed by atoms with Crippen LogP contribution in [0.15, 0.2) is 0 Å². The molecule has 1 aliphatic carbocycles. The molecule has 0 bridgehead atoms. The molecule has 1 saturated carbocycles. The first-order chi connectivity index (χ1) is 8.72. The smallest absolute Gasteiger partial charge is 0.220 e. The molecule has 1 unspecified atom stereocenters. The Morgan fingerprint density at radius 3 is 2.44 bits per heavy atom. The molecule has 106 valence electrons. The van der Waals surface area contributed by atoms with Crippen molar-refractivity contribution in [2.24, 2.45) is 5.92 Å². The molecule has 1 atom stereocenters. The van der Waals surface area contributed by atoms with Crippen molar-refractivity contribution in [3.05, 3.63) is 0 Å². The van der Waals surface area contributed by atoms with Crippen molar-refractivity contribution in [2.75, 3.05) is 13.1 Å². The highest BCUT2D eigenvalue weighted by Gasteiger charge is 2.11. The molecular formula is C15H30N2O. The van der Waals surface area contributed by atoms with Crippen LogP contribution in [0.1, 0.15) is 65.2 Å². The molecule has 18 heavy (non-hydrogen) atoms. The Balaban J connectivity index is 2.01. The molecule has 3 nitrogen and oxygen atoms in total. The Bertz CT molecular complexity index is 223. The Kier molecular flexibility index (Phi) is 8.06. The van der Waals surface area contributed by atoms with E-state index in [4.69, 9.17) is 0 Å². The Labute approximate surface area is 112 Å². The summed E-state index contributed by atoms with van der Waals surface area (Å²) in [6.07, 6.45) is 9.86. The molecule has 1 amide bonds. The first kappa shape index (κ1) is 15.5. The van der Waals surface area contributed by atoms with E-state index >= 15 is 0 Å². The van der Waals surface area contributed by atoms with Crippen molar-refractivity contribution in [1.82, 2.24) is 10.6 Å². The molecule has 1 fully saturated rings. The predicted octanol–water partition coefficient (Wildman–Crippen LogP) is 2.85. The maximum Gasteiger partial charge on any atom is 0.220 e. The fourth-order valence-corrected chi connectivity index (χ4v) is 2.49. The highest BCUT2D eigenvalue weighted by Crippen LogP contribution is 2.16. The van der Waals surface area contributed by atoms with Crippen molar-refractivity contribution >= 4 is 5.91 Å². The van der Waals surface area contributed by atoms with E-state index in [-0.39, 0.29) is 5.91 Å². The molecule has 1 aliphatic rings. The number of carbonyl (C=O) groups excluding carboxylic acids is 1. The normalized spacial score (nSPS) is 19.2. The molecule has 0 aromatic heterocycles. The van der Waals surface area contributed by atoms with Gasteiger partial charge in [0.05, 0.1) is 0 Å². The second-order valence-corrected chi connectivity index (χ2v) is 5.71. The van der Waals surface area contributed by atoms with E-state index in [0.717, 1.165) is 19.5 Å². The lowest BCUT2D eigenvalue weighted by Gasteiger charge is -2.16. The standard InChI is InChI=1S/C15H30N2O/c1-3-13(2)12-15(18)17-11-10-16-14-8-6-4-5-7-9-14/h13-14,16H,3-12H2,1-2H3,(H,17,18).